The van der Waals surface area contributed by atoms with Gasteiger partial charge in [-0.1, -0.05) is 35.5 Å². The topological polar surface area (TPSA) is 120 Å². The Hall–Kier alpha value is -3.87. The van der Waals surface area contributed by atoms with Gasteiger partial charge >= 0.3 is 0 Å². The van der Waals surface area contributed by atoms with Gasteiger partial charge in [-0.3, -0.25) is 4.79 Å². The van der Waals surface area contributed by atoms with Crippen LogP contribution < -0.4 is 16.8 Å². The Balaban J connectivity index is 1.74. The van der Waals surface area contributed by atoms with Crippen LogP contribution in [0, 0.1) is 0 Å². The number of carbonyl (C=O) groups is 1. The Morgan fingerprint density at radius 3 is 2.55 bits per heavy atom. The van der Waals surface area contributed by atoms with Crippen molar-refractivity contribution in [3.05, 3.63) is 71.6 Å². The number of Topliss-reactive ketones (excluding diaryl/α,β-unsaturated/α-hetero) is 1. The van der Waals surface area contributed by atoms with Crippen molar-refractivity contribution in [3.63, 3.8) is 0 Å². The summed E-state index contributed by atoms with van der Waals surface area (Å²) in [6, 6.07) is 13.2. The molecule has 1 aliphatic rings. The summed E-state index contributed by atoms with van der Waals surface area (Å²) in [7, 11) is 0. The standard InChI is InChI=1S/C22H21N5O2/c1-12(23)20(13(2)28)14-3-5-15(6-4-14)21-17-11-16(7-8-19(17)27-29-21)18-9-10-25-22(24)26-18/h3-11,18H,23H2,1-2H3,(H3,24,25,26). The number of carbonyl (C=O) groups excluding carboxylic acids is 1. The molecule has 146 valence electrons. The summed E-state index contributed by atoms with van der Waals surface area (Å²) in [6.07, 6.45) is 3.72. The maximum absolute atomic E-state index is 11.9. The molecule has 0 radical (unpaired) electrons. The van der Waals surface area contributed by atoms with Gasteiger partial charge in [0.05, 0.1) is 11.4 Å². The number of aliphatic imine (C=N–C) groups is 1. The van der Waals surface area contributed by atoms with Crippen molar-refractivity contribution in [1.29, 1.82) is 0 Å². The molecule has 1 atom stereocenters. The van der Waals surface area contributed by atoms with Crippen LogP contribution in [0.1, 0.15) is 31.0 Å². The average molecular weight is 387 g/mol. The molecule has 7 nitrogen and oxygen atoms in total. The number of nitrogens with one attached hydrogen (secondary N) is 1. The third kappa shape index (κ3) is 3.50. The summed E-state index contributed by atoms with van der Waals surface area (Å²) < 4.78 is 5.62. The number of nitrogens with two attached hydrogens (primary N) is 2. The minimum Gasteiger partial charge on any atom is -0.402 e. The molecule has 1 aromatic heterocycles. The molecule has 0 spiro atoms. The van der Waals surface area contributed by atoms with Gasteiger partial charge in [0.15, 0.2) is 17.5 Å². The number of aromatic nitrogens is 1. The smallest absolute Gasteiger partial charge is 0.193 e. The number of rotatable bonds is 4. The fraction of sp³-hybridized carbons (Fsp3) is 0.136. The zero-order valence-electron chi connectivity index (χ0n) is 16.1. The van der Waals surface area contributed by atoms with E-state index in [1.807, 2.05) is 48.5 Å². The highest BCUT2D eigenvalue weighted by Gasteiger charge is 2.17. The number of benzene rings is 2. The van der Waals surface area contributed by atoms with Gasteiger partial charge in [0.2, 0.25) is 0 Å². The van der Waals surface area contributed by atoms with E-state index in [2.05, 4.69) is 15.5 Å². The van der Waals surface area contributed by atoms with E-state index in [-0.39, 0.29) is 11.8 Å². The summed E-state index contributed by atoms with van der Waals surface area (Å²) in [5.41, 5.74) is 16.0. The minimum absolute atomic E-state index is 0.0673. The second-order valence-corrected chi connectivity index (χ2v) is 6.94. The number of hydrogen-bond donors (Lipinski definition) is 3. The fourth-order valence-corrected chi connectivity index (χ4v) is 3.49. The largest absolute Gasteiger partial charge is 0.402 e. The van der Waals surface area contributed by atoms with Gasteiger partial charge in [-0.25, -0.2) is 4.99 Å². The Kier molecular flexibility index (Phi) is 4.64. The predicted molar refractivity (Wildman–Crippen MR) is 114 cm³/mol. The van der Waals surface area contributed by atoms with Crippen LogP contribution in [0.2, 0.25) is 0 Å². The van der Waals surface area contributed by atoms with Gasteiger partial charge in [0.1, 0.15) is 5.52 Å². The summed E-state index contributed by atoms with van der Waals surface area (Å²) in [5.74, 6) is 0.965. The number of fused-ring (bicyclic) bond motifs is 1. The second-order valence-electron chi connectivity index (χ2n) is 6.94. The lowest BCUT2D eigenvalue weighted by Gasteiger charge is -2.14. The van der Waals surface area contributed by atoms with Crippen LogP contribution in [0.4, 0.5) is 0 Å². The number of nitrogens with zero attached hydrogens (tertiary/aromatic N) is 2. The monoisotopic (exact) mass is 387 g/mol. The van der Waals surface area contributed by atoms with Gasteiger partial charge in [-0.15, -0.1) is 0 Å². The Bertz CT molecular complexity index is 1180. The highest BCUT2D eigenvalue weighted by Crippen LogP contribution is 2.33. The highest BCUT2D eigenvalue weighted by molar-refractivity contribution is 6.20. The van der Waals surface area contributed by atoms with Crippen LogP contribution in [0.25, 0.3) is 27.8 Å². The molecule has 5 N–H and O–H groups in total. The van der Waals surface area contributed by atoms with Crippen molar-refractivity contribution < 1.29 is 9.32 Å². The molecule has 2 aromatic carbocycles. The SMILES string of the molecule is CC(=O)C(=C(C)N)c1ccc(-c2onc3ccc(C4C=CNC(N)=N4)cc23)cc1. The molecule has 0 bridgehead atoms. The minimum atomic E-state index is -0.165. The van der Waals surface area contributed by atoms with Gasteiger partial charge in [0.25, 0.3) is 0 Å². The summed E-state index contributed by atoms with van der Waals surface area (Å²) in [6.45, 7) is 3.23. The molecule has 4 rings (SSSR count). The lowest BCUT2D eigenvalue weighted by molar-refractivity contribution is -0.111. The van der Waals surface area contributed by atoms with E-state index < -0.39 is 0 Å². The van der Waals surface area contributed by atoms with Crippen LogP contribution in [0.15, 0.2) is 70.0 Å². The molecule has 1 unspecified atom stereocenters. The molecule has 0 amide bonds. The molecular formula is C22H21N5O2. The van der Waals surface area contributed by atoms with E-state index in [4.69, 9.17) is 16.0 Å². The van der Waals surface area contributed by atoms with Crippen LogP contribution in [0.3, 0.4) is 0 Å². The zero-order chi connectivity index (χ0) is 20.5. The van der Waals surface area contributed by atoms with Gasteiger partial charge in [0, 0.05) is 23.0 Å². The molecule has 1 aliphatic heterocycles. The second kappa shape index (κ2) is 7.27. The first-order valence-electron chi connectivity index (χ1n) is 9.18. The zero-order valence-corrected chi connectivity index (χ0v) is 16.1. The molecule has 0 saturated carbocycles. The van der Waals surface area contributed by atoms with E-state index in [9.17, 15) is 4.79 Å². The molecule has 2 heterocycles. The molecule has 3 aromatic rings. The Morgan fingerprint density at radius 2 is 1.90 bits per heavy atom. The lowest BCUT2D eigenvalue weighted by Crippen LogP contribution is -2.30. The third-order valence-electron chi connectivity index (χ3n) is 4.81. The van der Waals surface area contributed by atoms with Crippen LogP contribution >= 0.6 is 0 Å². The van der Waals surface area contributed by atoms with E-state index in [0.717, 1.165) is 27.6 Å². The molecule has 0 fully saturated rings. The highest BCUT2D eigenvalue weighted by atomic mass is 16.5. The predicted octanol–water partition coefficient (Wildman–Crippen LogP) is 3.25. The maximum atomic E-state index is 11.9. The summed E-state index contributed by atoms with van der Waals surface area (Å²) >= 11 is 0. The van der Waals surface area contributed by atoms with Gasteiger partial charge < -0.3 is 21.3 Å². The number of ketones is 1. The van der Waals surface area contributed by atoms with Crippen LogP contribution in [-0.4, -0.2) is 16.9 Å². The van der Waals surface area contributed by atoms with Crippen molar-refractivity contribution in [2.75, 3.05) is 0 Å². The quantitative estimate of drug-likeness (QED) is 0.591. The van der Waals surface area contributed by atoms with Crippen LogP contribution in [-0.2, 0) is 4.79 Å². The molecule has 7 heteroatoms. The number of guanidine groups is 1. The maximum Gasteiger partial charge on any atom is 0.193 e. The van der Waals surface area contributed by atoms with E-state index in [1.165, 1.54) is 6.92 Å². The van der Waals surface area contributed by atoms with Gasteiger partial charge in [-0.05, 0) is 43.2 Å². The number of allylic oxidation sites excluding steroid dienone is 2. The lowest BCUT2D eigenvalue weighted by atomic mass is 9.97. The van der Waals surface area contributed by atoms with Crippen molar-refractivity contribution >= 4 is 28.2 Å². The normalized spacial score (nSPS) is 16.9. The fourth-order valence-electron chi connectivity index (χ4n) is 3.49. The molecule has 0 saturated heterocycles. The molecular weight excluding hydrogens is 366 g/mol. The Labute approximate surface area is 167 Å². The average Bonchev–Trinajstić information content (AvgIpc) is 3.11. The summed E-state index contributed by atoms with van der Waals surface area (Å²) in [4.78, 5) is 16.3. The van der Waals surface area contributed by atoms with Crippen molar-refractivity contribution in [2.45, 2.75) is 19.9 Å². The number of hydrogen-bond acceptors (Lipinski definition) is 7. The Morgan fingerprint density at radius 1 is 1.14 bits per heavy atom. The van der Waals surface area contributed by atoms with Crippen molar-refractivity contribution in [1.82, 2.24) is 10.5 Å². The molecule has 29 heavy (non-hydrogen) atoms. The van der Waals surface area contributed by atoms with Crippen molar-refractivity contribution in [2.24, 2.45) is 16.5 Å². The summed E-state index contributed by atoms with van der Waals surface area (Å²) in [5, 5.41) is 7.90. The van der Waals surface area contributed by atoms with Gasteiger partial charge in [-0.2, -0.15) is 0 Å². The van der Waals surface area contributed by atoms with Crippen molar-refractivity contribution in [3.8, 4) is 11.3 Å². The van der Waals surface area contributed by atoms with Crippen LogP contribution in [0.5, 0.6) is 0 Å². The third-order valence-corrected chi connectivity index (χ3v) is 4.81. The first kappa shape index (κ1) is 18.5. The first-order valence-corrected chi connectivity index (χ1v) is 9.18. The van der Waals surface area contributed by atoms with E-state index in [0.29, 0.717) is 23.0 Å². The van der Waals surface area contributed by atoms with E-state index in [1.54, 1.807) is 13.1 Å². The first-order chi connectivity index (χ1) is 13.9. The molecule has 0 aliphatic carbocycles. The van der Waals surface area contributed by atoms with E-state index >= 15 is 0 Å².